The van der Waals surface area contributed by atoms with Gasteiger partial charge in [0.2, 0.25) is 15.9 Å². The van der Waals surface area contributed by atoms with Crippen LogP contribution < -0.4 is 5.32 Å². The molecule has 0 aromatic heterocycles. The molecule has 1 rings (SSSR count). The molecule has 9 heteroatoms. The number of nitrogens with zero attached hydrogens (tertiary/aromatic N) is 1. The fourth-order valence-corrected chi connectivity index (χ4v) is 2.91. The van der Waals surface area contributed by atoms with E-state index in [0.717, 1.165) is 19.2 Å². The summed E-state index contributed by atoms with van der Waals surface area (Å²) >= 11 is 0. The number of likely N-dealkylation sites (N-methyl/N-ethyl adjacent to an activating group) is 2. The second kappa shape index (κ2) is 6.64. The normalized spacial score (nSPS) is 11.4. The van der Waals surface area contributed by atoms with E-state index in [4.69, 9.17) is 5.11 Å². The summed E-state index contributed by atoms with van der Waals surface area (Å²) in [6.45, 7) is 1.50. The van der Waals surface area contributed by atoms with Gasteiger partial charge < -0.3 is 10.4 Å². The molecule has 1 aromatic rings. The number of carboxylic acid groups (broad SMARTS) is 1. The number of carbonyl (C=O) groups excluding carboxylic acids is 1. The summed E-state index contributed by atoms with van der Waals surface area (Å²) in [7, 11) is -3.19. The van der Waals surface area contributed by atoms with Crippen LogP contribution in [0.3, 0.4) is 0 Å². The number of rotatable bonds is 6. The zero-order chi connectivity index (χ0) is 16.2. The number of carbonyl (C=O) groups is 2. The lowest BCUT2D eigenvalue weighted by Gasteiger charge is -2.17. The summed E-state index contributed by atoms with van der Waals surface area (Å²) in [5, 5.41) is 11.4. The van der Waals surface area contributed by atoms with Crippen molar-refractivity contribution in [3.63, 3.8) is 0 Å². The Morgan fingerprint density at radius 3 is 2.52 bits per heavy atom. The molecule has 0 radical (unpaired) electrons. The maximum Gasteiger partial charge on any atom is 0.337 e. The molecule has 0 saturated carbocycles. The van der Waals surface area contributed by atoms with Gasteiger partial charge in [0.1, 0.15) is 5.82 Å². The number of hydrogen-bond donors (Lipinski definition) is 2. The van der Waals surface area contributed by atoms with Crippen molar-refractivity contribution < 1.29 is 27.5 Å². The molecule has 1 aromatic carbocycles. The zero-order valence-corrected chi connectivity index (χ0v) is 12.3. The van der Waals surface area contributed by atoms with Gasteiger partial charge in [-0.05, 0) is 25.1 Å². The van der Waals surface area contributed by atoms with E-state index in [2.05, 4.69) is 5.32 Å². The Morgan fingerprint density at radius 1 is 1.38 bits per heavy atom. The fourth-order valence-electron chi connectivity index (χ4n) is 1.59. The molecule has 1 amide bonds. The predicted octanol–water partition coefficient (Wildman–Crippen LogP) is 0.281. The van der Waals surface area contributed by atoms with Gasteiger partial charge in [0, 0.05) is 13.6 Å². The van der Waals surface area contributed by atoms with Gasteiger partial charge in [0.15, 0.2) is 0 Å². The Balaban J connectivity index is 3.21. The molecular weight excluding hydrogens is 303 g/mol. The van der Waals surface area contributed by atoms with Crippen LogP contribution in [0.5, 0.6) is 0 Å². The van der Waals surface area contributed by atoms with E-state index in [9.17, 15) is 22.4 Å². The largest absolute Gasteiger partial charge is 0.478 e. The van der Waals surface area contributed by atoms with Gasteiger partial charge in [-0.3, -0.25) is 4.79 Å². The van der Waals surface area contributed by atoms with E-state index in [-0.39, 0.29) is 0 Å². The maximum atomic E-state index is 13.2. The quantitative estimate of drug-likeness (QED) is 0.784. The van der Waals surface area contributed by atoms with E-state index in [1.54, 1.807) is 6.92 Å². The van der Waals surface area contributed by atoms with E-state index < -0.39 is 44.7 Å². The summed E-state index contributed by atoms with van der Waals surface area (Å²) in [5.74, 6) is -2.93. The first kappa shape index (κ1) is 17.1. The van der Waals surface area contributed by atoms with Crippen molar-refractivity contribution in [3.8, 4) is 0 Å². The number of carboxylic acids is 1. The van der Waals surface area contributed by atoms with Crippen molar-refractivity contribution in [2.45, 2.75) is 11.8 Å². The van der Waals surface area contributed by atoms with Crippen LogP contribution >= 0.6 is 0 Å². The Bertz CT molecular complexity index is 660. The lowest BCUT2D eigenvalue weighted by molar-refractivity contribution is -0.121. The Kier molecular flexibility index (Phi) is 5.39. The van der Waals surface area contributed by atoms with E-state index >= 15 is 0 Å². The smallest absolute Gasteiger partial charge is 0.337 e. The minimum absolute atomic E-state index is 0.326. The second-order valence-corrected chi connectivity index (χ2v) is 6.17. The van der Waals surface area contributed by atoms with Gasteiger partial charge in [-0.25, -0.2) is 17.6 Å². The number of nitrogens with one attached hydrogen (secondary N) is 1. The number of amides is 1. The molecule has 2 N–H and O–H groups in total. The third kappa shape index (κ3) is 3.99. The molecule has 0 bridgehead atoms. The minimum Gasteiger partial charge on any atom is -0.478 e. The van der Waals surface area contributed by atoms with Gasteiger partial charge in [0.25, 0.3) is 0 Å². The lowest BCUT2D eigenvalue weighted by atomic mass is 10.2. The molecule has 116 valence electrons. The van der Waals surface area contributed by atoms with Crippen molar-refractivity contribution >= 4 is 21.9 Å². The lowest BCUT2D eigenvalue weighted by Crippen LogP contribution is -2.38. The van der Waals surface area contributed by atoms with Crippen molar-refractivity contribution in [2.24, 2.45) is 0 Å². The van der Waals surface area contributed by atoms with Gasteiger partial charge in [-0.2, -0.15) is 4.31 Å². The fraction of sp³-hybridized carbons (Fsp3) is 0.333. The predicted molar refractivity (Wildman–Crippen MR) is 71.9 cm³/mol. The molecule has 0 aliphatic rings. The van der Waals surface area contributed by atoms with Crippen LogP contribution in [0.15, 0.2) is 23.1 Å². The van der Waals surface area contributed by atoms with Gasteiger partial charge in [-0.1, -0.05) is 0 Å². The van der Waals surface area contributed by atoms with Crippen LogP contribution in [-0.2, 0) is 14.8 Å². The molecule has 7 nitrogen and oxygen atoms in total. The van der Waals surface area contributed by atoms with Crippen LogP contribution in [-0.4, -0.2) is 49.8 Å². The monoisotopic (exact) mass is 318 g/mol. The number of benzene rings is 1. The van der Waals surface area contributed by atoms with Gasteiger partial charge in [-0.15, -0.1) is 0 Å². The summed E-state index contributed by atoms with van der Waals surface area (Å²) in [4.78, 5) is 21.8. The summed E-state index contributed by atoms with van der Waals surface area (Å²) in [6, 6.07) is 2.34. The van der Waals surface area contributed by atoms with Crippen LogP contribution in [0.25, 0.3) is 0 Å². The third-order valence-corrected chi connectivity index (χ3v) is 4.45. The highest BCUT2D eigenvalue weighted by Crippen LogP contribution is 2.20. The number of aromatic carboxylic acids is 1. The second-order valence-electron chi connectivity index (χ2n) is 4.16. The molecule has 0 aliphatic carbocycles. The highest BCUT2D eigenvalue weighted by atomic mass is 32.2. The van der Waals surface area contributed by atoms with E-state index in [0.29, 0.717) is 16.9 Å². The first-order valence-electron chi connectivity index (χ1n) is 5.96. The maximum absolute atomic E-state index is 13.2. The molecule has 0 atom stereocenters. The zero-order valence-electron chi connectivity index (χ0n) is 11.5. The average Bonchev–Trinajstić information content (AvgIpc) is 2.38. The number of halogens is 1. The SMILES string of the molecule is CCNC(=O)CN(C)S(=O)(=O)c1cc(F)ccc1C(=O)O. The minimum atomic E-state index is -4.30. The Morgan fingerprint density at radius 2 is 2.00 bits per heavy atom. The highest BCUT2D eigenvalue weighted by Gasteiger charge is 2.28. The van der Waals surface area contributed by atoms with Crippen molar-refractivity contribution in [2.75, 3.05) is 20.1 Å². The molecule has 0 spiro atoms. The molecule has 0 fully saturated rings. The summed E-state index contributed by atoms with van der Waals surface area (Å²) < 4.78 is 38.4. The molecule has 0 aliphatic heterocycles. The van der Waals surface area contributed by atoms with Crippen molar-refractivity contribution in [1.82, 2.24) is 9.62 Å². The number of hydrogen-bond acceptors (Lipinski definition) is 4. The van der Waals surface area contributed by atoms with E-state index in [1.165, 1.54) is 0 Å². The third-order valence-electron chi connectivity index (χ3n) is 2.60. The summed E-state index contributed by atoms with van der Waals surface area (Å²) in [6.07, 6.45) is 0. The van der Waals surface area contributed by atoms with E-state index in [1.807, 2.05) is 0 Å². The first-order chi connectivity index (χ1) is 9.70. The van der Waals surface area contributed by atoms with Crippen molar-refractivity contribution in [1.29, 1.82) is 0 Å². The Labute approximate surface area is 121 Å². The topological polar surface area (TPSA) is 104 Å². The number of sulfonamides is 1. The Hall–Kier alpha value is -2.00. The average molecular weight is 318 g/mol. The first-order valence-corrected chi connectivity index (χ1v) is 7.40. The molecule has 0 unspecified atom stereocenters. The van der Waals surface area contributed by atoms with Crippen LogP contribution in [0.1, 0.15) is 17.3 Å². The van der Waals surface area contributed by atoms with Crippen LogP contribution in [0.4, 0.5) is 4.39 Å². The van der Waals surface area contributed by atoms with Gasteiger partial charge in [0.05, 0.1) is 17.0 Å². The van der Waals surface area contributed by atoms with Crippen molar-refractivity contribution in [3.05, 3.63) is 29.6 Å². The molecule has 0 heterocycles. The molecule has 21 heavy (non-hydrogen) atoms. The standard InChI is InChI=1S/C12H15FN2O5S/c1-3-14-11(16)7-15(2)21(19,20)10-6-8(13)4-5-9(10)12(17)18/h4-6H,3,7H2,1-2H3,(H,14,16)(H,17,18). The molecule has 0 saturated heterocycles. The van der Waals surface area contributed by atoms with Crippen LogP contribution in [0.2, 0.25) is 0 Å². The highest BCUT2D eigenvalue weighted by molar-refractivity contribution is 7.89. The summed E-state index contributed by atoms with van der Waals surface area (Å²) in [5.41, 5.74) is -0.556. The molecular formula is C12H15FN2O5S. The van der Waals surface area contributed by atoms with Crippen LogP contribution in [0, 0.1) is 5.82 Å². The van der Waals surface area contributed by atoms with Gasteiger partial charge >= 0.3 is 5.97 Å².